The van der Waals surface area contributed by atoms with Crippen LogP contribution in [0.5, 0.6) is 23.1 Å². The third kappa shape index (κ3) is 4.67. The van der Waals surface area contributed by atoms with Gasteiger partial charge in [-0.15, -0.1) is 0 Å². The van der Waals surface area contributed by atoms with E-state index in [1.807, 2.05) is 0 Å². The summed E-state index contributed by atoms with van der Waals surface area (Å²) in [5.41, 5.74) is 1.08. The number of esters is 1. The van der Waals surface area contributed by atoms with E-state index < -0.39 is 5.97 Å². The number of fused-ring (bicyclic) bond motifs is 1. The van der Waals surface area contributed by atoms with Crippen LogP contribution in [0.15, 0.2) is 62.5 Å². The topological polar surface area (TPSA) is 110 Å². The summed E-state index contributed by atoms with van der Waals surface area (Å²) in [7, 11) is 4.54. The first-order valence-electron chi connectivity index (χ1n) is 10.0. The van der Waals surface area contributed by atoms with Gasteiger partial charge < -0.3 is 27.9 Å². The minimum atomic E-state index is -0.464. The Morgan fingerprint density at radius 1 is 0.970 bits per heavy atom. The van der Waals surface area contributed by atoms with Gasteiger partial charge in [0, 0.05) is 18.6 Å². The van der Waals surface area contributed by atoms with E-state index in [1.165, 1.54) is 33.7 Å². The molecule has 0 unspecified atom stereocenters. The Kier molecular flexibility index (Phi) is 6.30. The van der Waals surface area contributed by atoms with E-state index in [0.717, 1.165) is 0 Å². The molecule has 4 aromatic rings. The maximum Gasteiger partial charge on any atom is 0.311 e. The standard InChI is InChI=1S/C24H21NO8/c1-28-19-8-4-14(10-21(19)29-2)18-13-31-20-11-15(5-7-17(20)24(18)27)32-23(26)9-6-16-12-22(30-3)25-33-16/h4-5,7-8,10-13H,6,9H2,1-3H3. The molecule has 0 aliphatic carbocycles. The molecule has 9 nitrogen and oxygen atoms in total. The second kappa shape index (κ2) is 9.47. The molecule has 9 heteroatoms. The summed E-state index contributed by atoms with van der Waals surface area (Å²) in [6.45, 7) is 0. The fraction of sp³-hybridized carbons (Fsp3) is 0.208. The smallest absolute Gasteiger partial charge is 0.311 e. The van der Waals surface area contributed by atoms with Gasteiger partial charge in [0.2, 0.25) is 0 Å². The number of hydrogen-bond acceptors (Lipinski definition) is 9. The van der Waals surface area contributed by atoms with Crippen molar-refractivity contribution in [3.8, 4) is 34.3 Å². The van der Waals surface area contributed by atoms with Gasteiger partial charge in [-0.3, -0.25) is 9.59 Å². The van der Waals surface area contributed by atoms with Crippen LogP contribution in [0.1, 0.15) is 12.2 Å². The number of carbonyl (C=O) groups excluding carboxylic acids is 1. The molecular formula is C24H21NO8. The number of benzene rings is 2. The first kappa shape index (κ1) is 21.9. The minimum Gasteiger partial charge on any atom is -0.493 e. The fourth-order valence-electron chi connectivity index (χ4n) is 3.29. The van der Waals surface area contributed by atoms with E-state index in [1.54, 1.807) is 36.4 Å². The molecule has 4 rings (SSSR count). The van der Waals surface area contributed by atoms with Crippen LogP contribution in [0.4, 0.5) is 0 Å². The lowest BCUT2D eigenvalue weighted by molar-refractivity contribution is -0.134. The number of rotatable bonds is 8. The summed E-state index contributed by atoms with van der Waals surface area (Å²) < 4.78 is 31.6. The predicted octanol–water partition coefficient (Wildman–Crippen LogP) is 4.01. The molecule has 0 amide bonds. The zero-order valence-electron chi connectivity index (χ0n) is 18.2. The molecule has 0 saturated heterocycles. The van der Waals surface area contributed by atoms with Gasteiger partial charge in [0.05, 0.1) is 38.7 Å². The number of aryl methyl sites for hydroxylation is 1. The van der Waals surface area contributed by atoms with Crippen LogP contribution in [0.2, 0.25) is 0 Å². The summed E-state index contributed by atoms with van der Waals surface area (Å²) in [6.07, 6.45) is 1.76. The fourth-order valence-corrected chi connectivity index (χ4v) is 3.29. The Labute approximate surface area is 188 Å². The van der Waals surface area contributed by atoms with Gasteiger partial charge in [-0.05, 0) is 35.0 Å². The van der Waals surface area contributed by atoms with Crippen molar-refractivity contribution in [2.75, 3.05) is 21.3 Å². The maximum atomic E-state index is 13.0. The van der Waals surface area contributed by atoms with Crippen molar-refractivity contribution in [2.24, 2.45) is 0 Å². The quantitative estimate of drug-likeness (QED) is 0.290. The van der Waals surface area contributed by atoms with E-state index in [9.17, 15) is 9.59 Å². The third-order valence-corrected chi connectivity index (χ3v) is 4.99. The maximum absolute atomic E-state index is 13.0. The number of aromatic nitrogens is 1. The van der Waals surface area contributed by atoms with E-state index >= 15 is 0 Å². The molecule has 0 aliphatic rings. The molecule has 0 atom stereocenters. The van der Waals surface area contributed by atoms with Crippen LogP contribution < -0.4 is 24.4 Å². The minimum absolute atomic E-state index is 0.0819. The first-order chi connectivity index (χ1) is 16.0. The normalized spacial score (nSPS) is 10.8. The molecule has 0 fully saturated rings. The largest absolute Gasteiger partial charge is 0.493 e. The number of methoxy groups -OCH3 is 3. The molecule has 0 bridgehead atoms. The third-order valence-electron chi connectivity index (χ3n) is 4.99. The predicted molar refractivity (Wildman–Crippen MR) is 118 cm³/mol. The van der Waals surface area contributed by atoms with Gasteiger partial charge in [0.1, 0.15) is 23.4 Å². The van der Waals surface area contributed by atoms with E-state index in [4.69, 9.17) is 27.9 Å². The molecule has 33 heavy (non-hydrogen) atoms. The highest BCUT2D eigenvalue weighted by molar-refractivity contribution is 5.84. The lowest BCUT2D eigenvalue weighted by atomic mass is 10.0. The molecule has 2 aromatic heterocycles. The van der Waals surface area contributed by atoms with Crippen molar-refractivity contribution in [3.05, 3.63) is 64.7 Å². The molecule has 170 valence electrons. The van der Waals surface area contributed by atoms with E-state index in [2.05, 4.69) is 5.16 Å². The Morgan fingerprint density at radius 2 is 1.79 bits per heavy atom. The number of carbonyl (C=O) groups is 1. The van der Waals surface area contributed by atoms with Gasteiger partial charge in [-0.1, -0.05) is 6.07 Å². The van der Waals surface area contributed by atoms with Crippen LogP contribution in [-0.4, -0.2) is 32.5 Å². The summed E-state index contributed by atoms with van der Waals surface area (Å²) >= 11 is 0. The second-order valence-electron chi connectivity index (χ2n) is 7.02. The highest BCUT2D eigenvalue weighted by Gasteiger charge is 2.14. The highest BCUT2D eigenvalue weighted by atomic mass is 16.5. The van der Waals surface area contributed by atoms with Crippen molar-refractivity contribution in [1.82, 2.24) is 5.16 Å². The van der Waals surface area contributed by atoms with E-state index in [0.29, 0.717) is 51.7 Å². The number of hydrogen-bond donors (Lipinski definition) is 0. The molecule has 0 spiro atoms. The average Bonchev–Trinajstić information content (AvgIpc) is 3.31. The van der Waals surface area contributed by atoms with Crippen LogP contribution in [0.25, 0.3) is 22.1 Å². The molecule has 0 saturated carbocycles. The summed E-state index contributed by atoms with van der Waals surface area (Å²) in [4.78, 5) is 25.2. The van der Waals surface area contributed by atoms with Gasteiger partial charge in [-0.25, -0.2) is 0 Å². The molecule has 0 radical (unpaired) electrons. The van der Waals surface area contributed by atoms with Crippen molar-refractivity contribution in [3.63, 3.8) is 0 Å². The van der Waals surface area contributed by atoms with Gasteiger partial charge in [0.25, 0.3) is 5.88 Å². The van der Waals surface area contributed by atoms with Gasteiger partial charge in [0.15, 0.2) is 16.9 Å². The van der Waals surface area contributed by atoms with Crippen LogP contribution in [0, 0.1) is 0 Å². The SMILES string of the molecule is COc1cc(CCC(=O)Oc2ccc3c(=O)c(-c4ccc(OC)c(OC)c4)coc3c2)on1. The Hall–Kier alpha value is -4.27. The Bertz CT molecular complexity index is 1350. The summed E-state index contributed by atoms with van der Waals surface area (Å²) in [5.74, 6) is 1.71. The summed E-state index contributed by atoms with van der Waals surface area (Å²) in [5, 5.41) is 4.04. The zero-order valence-corrected chi connectivity index (χ0v) is 18.2. The second-order valence-corrected chi connectivity index (χ2v) is 7.02. The van der Waals surface area contributed by atoms with Crippen LogP contribution in [0.3, 0.4) is 0 Å². The van der Waals surface area contributed by atoms with Crippen molar-refractivity contribution >= 4 is 16.9 Å². The highest BCUT2D eigenvalue weighted by Crippen LogP contribution is 2.32. The monoisotopic (exact) mass is 451 g/mol. The first-order valence-corrected chi connectivity index (χ1v) is 10.0. The van der Waals surface area contributed by atoms with Gasteiger partial charge >= 0.3 is 5.97 Å². The number of nitrogens with zero attached hydrogens (tertiary/aromatic N) is 1. The summed E-state index contributed by atoms with van der Waals surface area (Å²) in [6, 6.07) is 11.4. The van der Waals surface area contributed by atoms with Crippen molar-refractivity contribution in [2.45, 2.75) is 12.8 Å². The zero-order chi connectivity index (χ0) is 23.4. The van der Waals surface area contributed by atoms with Crippen molar-refractivity contribution in [1.29, 1.82) is 0 Å². The van der Waals surface area contributed by atoms with Crippen LogP contribution >= 0.6 is 0 Å². The molecular weight excluding hydrogens is 430 g/mol. The molecule has 2 heterocycles. The van der Waals surface area contributed by atoms with Gasteiger partial charge in [-0.2, -0.15) is 0 Å². The molecule has 0 aliphatic heterocycles. The number of ether oxygens (including phenoxy) is 4. The molecule has 2 aromatic carbocycles. The molecule has 0 N–H and O–H groups in total. The Balaban J connectivity index is 1.52. The average molecular weight is 451 g/mol. The van der Waals surface area contributed by atoms with Crippen LogP contribution in [-0.2, 0) is 11.2 Å². The Morgan fingerprint density at radius 3 is 2.52 bits per heavy atom. The lowest BCUT2D eigenvalue weighted by Crippen LogP contribution is -2.09. The van der Waals surface area contributed by atoms with E-state index in [-0.39, 0.29) is 17.6 Å². The van der Waals surface area contributed by atoms with Crippen molar-refractivity contribution < 1.29 is 32.7 Å². The lowest BCUT2D eigenvalue weighted by Gasteiger charge is -2.10.